The minimum absolute atomic E-state index is 0.0343. The summed E-state index contributed by atoms with van der Waals surface area (Å²) in [4.78, 5) is 37.5. The van der Waals surface area contributed by atoms with Gasteiger partial charge in [-0.2, -0.15) is 0 Å². The number of esters is 1. The average Bonchev–Trinajstić information content (AvgIpc) is 2.87. The molecular formula is C27H28N2O5. The second-order valence-corrected chi connectivity index (χ2v) is 7.64. The van der Waals surface area contributed by atoms with Gasteiger partial charge in [0.05, 0.1) is 6.42 Å². The summed E-state index contributed by atoms with van der Waals surface area (Å²) in [6.07, 6.45) is -0.409. The van der Waals surface area contributed by atoms with Crippen molar-refractivity contribution < 1.29 is 23.9 Å². The number of alkyl carbamates (subject to hydrolysis) is 1. The van der Waals surface area contributed by atoms with Gasteiger partial charge < -0.3 is 20.1 Å². The van der Waals surface area contributed by atoms with Crippen LogP contribution in [0, 0.1) is 0 Å². The lowest BCUT2D eigenvalue weighted by Crippen LogP contribution is -2.45. The number of rotatable bonds is 11. The number of hydrogen-bond donors (Lipinski definition) is 2. The maximum Gasteiger partial charge on any atom is 0.408 e. The predicted octanol–water partition coefficient (Wildman–Crippen LogP) is 3.77. The minimum atomic E-state index is -1.18. The average molecular weight is 461 g/mol. The van der Waals surface area contributed by atoms with Gasteiger partial charge in [0.15, 0.2) is 0 Å². The van der Waals surface area contributed by atoms with Crippen molar-refractivity contribution in [1.29, 1.82) is 0 Å². The van der Waals surface area contributed by atoms with E-state index in [1.807, 2.05) is 91.0 Å². The van der Waals surface area contributed by atoms with Crippen LogP contribution in [0.5, 0.6) is 0 Å². The van der Waals surface area contributed by atoms with E-state index < -0.39 is 18.1 Å². The molecule has 0 radical (unpaired) electrons. The van der Waals surface area contributed by atoms with Crippen LogP contribution in [0.2, 0.25) is 0 Å². The van der Waals surface area contributed by atoms with E-state index in [0.29, 0.717) is 13.0 Å². The zero-order valence-electron chi connectivity index (χ0n) is 18.8. The molecule has 7 nitrogen and oxygen atoms in total. The van der Waals surface area contributed by atoms with E-state index in [-0.39, 0.29) is 25.5 Å². The summed E-state index contributed by atoms with van der Waals surface area (Å²) in [6.45, 7) is 0.487. The Hall–Kier alpha value is -4.13. The highest BCUT2D eigenvalue weighted by molar-refractivity contribution is 5.88. The molecule has 0 aliphatic rings. The third-order valence-electron chi connectivity index (χ3n) is 4.98. The number of nitrogens with one attached hydrogen (secondary N) is 2. The Bertz CT molecular complexity index is 1040. The third kappa shape index (κ3) is 8.78. The van der Waals surface area contributed by atoms with Gasteiger partial charge >= 0.3 is 12.1 Å². The van der Waals surface area contributed by atoms with Crippen molar-refractivity contribution in [3.8, 4) is 0 Å². The van der Waals surface area contributed by atoms with Crippen molar-refractivity contribution in [1.82, 2.24) is 10.6 Å². The van der Waals surface area contributed by atoms with Crippen molar-refractivity contribution in [2.24, 2.45) is 0 Å². The molecule has 0 saturated heterocycles. The van der Waals surface area contributed by atoms with Gasteiger partial charge in [-0.25, -0.2) is 9.59 Å². The predicted molar refractivity (Wildman–Crippen MR) is 128 cm³/mol. The van der Waals surface area contributed by atoms with Crippen molar-refractivity contribution in [2.45, 2.75) is 32.1 Å². The Morgan fingerprint density at radius 1 is 0.676 bits per heavy atom. The molecule has 3 rings (SSSR count). The summed E-state index contributed by atoms with van der Waals surface area (Å²) in [7, 11) is 0. The normalized spacial score (nSPS) is 11.2. The van der Waals surface area contributed by atoms with Gasteiger partial charge in [-0.3, -0.25) is 4.79 Å². The van der Waals surface area contributed by atoms with Crippen LogP contribution < -0.4 is 10.6 Å². The standard InChI is InChI=1S/C27H28N2O5/c30-25(28-17-16-21-10-4-1-5-11-21)18-24(26(31)33-19-22-12-6-2-7-13-22)29-27(32)34-20-23-14-8-3-9-15-23/h1-15,24H,16-20H2,(H,28,30)(H,29,32). The summed E-state index contributed by atoms with van der Waals surface area (Å²) >= 11 is 0. The Kier molecular flexibility index (Phi) is 9.68. The van der Waals surface area contributed by atoms with E-state index in [4.69, 9.17) is 9.47 Å². The SMILES string of the molecule is O=C(CC(NC(=O)OCc1ccccc1)C(=O)OCc1ccccc1)NCCc1ccccc1. The molecule has 3 aromatic rings. The second-order valence-electron chi connectivity index (χ2n) is 7.64. The molecule has 176 valence electrons. The first-order valence-electron chi connectivity index (χ1n) is 11.1. The molecule has 0 aliphatic heterocycles. The Labute approximate surface area is 199 Å². The van der Waals surface area contributed by atoms with Crippen molar-refractivity contribution in [3.05, 3.63) is 108 Å². The summed E-state index contributed by atoms with van der Waals surface area (Å²) in [5.74, 6) is -1.08. The maximum atomic E-state index is 12.7. The molecule has 34 heavy (non-hydrogen) atoms. The highest BCUT2D eigenvalue weighted by Crippen LogP contribution is 2.06. The van der Waals surface area contributed by atoms with Crippen molar-refractivity contribution >= 4 is 18.0 Å². The smallest absolute Gasteiger partial charge is 0.408 e. The van der Waals surface area contributed by atoms with Crippen LogP contribution in [0.3, 0.4) is 0 Å². The molecule has 0 aromatic heterocycles. The molecule has 0 aliphatic carbocycles. The third-order valence-corrected chi connectivity index (χ3v) is 4.98. The van der Waals surface area contributed by atoms with Gasteiger partial charge in [-0.15, -0.1) is 0 Å². The summed E-state index contributed by atoms with van der Waals surface area (Å²) in [5, 5.41) is 5.25. The molecule has 1 atom stereocenters. The van der Waals surface area contributed by atoms with Gasteiger partial charge in [0, 0.05) is 6.54 Å². The second kappa shape index (κ2) is 13.4. The zero-order chi connectivity index (χ0) is 24.0. The van der Waals surface area contributed by atoms with Crippen LogP contribution in [0.25, 0.3) is 0 Å². The largest absolute Gasteiger partial charge is 0.459 e. The van der Waals surface area contributed by atoms with E-state index in [0.717, 1.165) is 16.7 Å². The molecule has 7 heteroatoms. The molecule has 0 bridgehead atoms. The van der Waals surface area contributed by atoms with Gasteiger partial charge in [-0.1, -0.05) is 91.0 Å². The van der Waals surface area contributed by atoms with E-state index in [2.05, 4.69) is 10.6 Å². The van der Waals surface area contributed by atoms with Crippen LogP contribution >= 0.6 is 0 Å². The van der Waals surface area contributed by atoms with E-state index in [1.54, 1.807) is 0 Å². The quantitative estimate of drug-likeness (QED) is 0.425. The summed E-state index contributed by atoms with van der Waals surface area (Å²) < 4.78 is 10.5. The minimum Gasteiger partial charge on any atom is -0.459 e. The van der Waals surface area contributed by atoms with Gasteiger partial charge in [-0.05, 0) is 23.1 Å². The van der Waals surface area contributed by atoms with E-state index >= 15 is 0 Å². The number of amides is 2. The topological polar surface area (TPSA) is 93.7 Å². The number of benzene rings is 3. The fourth-order valence-corrected chi connectivity index (χ4v) is 3.18. The molecule has 1 unspecified atom stereocenters. The highest BCUT2D eigenvalue weighted by atomic mass is 16.6. The summed E-state index contributed by atoms with van der Waals surface area (Å²) in [6, 6.07) is 26.9. The Balaban J connectivity index is 1.53. The first-order valence-corrected chi connectivity index (χ1v) is 11.1. The van der Waals surface area contributed by atoms with Crippen LogP contribution in [0.1, 0.15) is 23.1 Å². The fourth-order valence-electron chi connectivity index (χ4n) is 3.18. The number of hydrogen-bond acceptors (Lipinski definition) is 5. The fraction of sp³-hybridized carbons (Fsp3) is 0.222. The molecule has 3 aromatic carbocycles. The highest BCUT2D eigenvalue weighted by Gasteiger charge is 2.26. The van der Waals surface area contributed by atoms with Crippen molar-refractivity contribution in [2.75, 3.05) is 6.54 Å². The van der Waals surface area contributed by atoms with Crippen molar-refractivity contribution in [3.63, 3.8) is 0 Å². The lowest BCUT2D eigenvalue weighted by molar-refractivity contribution is -0.148. The lowest BCUT2D eigenvalue weighted by Gasteiger charge is -2.17. The maximum absolute atomic E-state index is 12.7. The Morgan fingerprint density at radius 3 is 1.74 bits per heavy atom. The molecular weight excluding hydrogens is 432 g/mol. The van der Waals surface area contributed by atoms with Gasteiger partial charge in [0.2, 0.25) is 5.91 Å². The molecule has 0 spiro atoms. The molecule has 0 saturated carbocycles. The number of ether oxygens (including phenoxy) is 2. The van der Waals surface area contributed by atoms with Crippen LogP contribution in [0.15, 0.2) is 91.0 Å². The van der Waals surface area contributed by atoms with Crippen LogP contribution in [-0.4, -0.2) is 30.6 Å². The number of carbonyl (C=O) groups excluding carboxylic acids is 3. The van der Waals surface area contributed by atoms with E-state index in [9.17, 15) is 14.4 Å². The van der Waals surface area contributed by atoms with Gasteiger partial charge in [0.1, 0.15) is 19.3 Å². The molecule has 2 amide bonds. The zero-order valence-corrected chi connectivity index (χ0v) is 18.8. The Morgan fingerprint density at radius 2 is 1.18 bits per heavy atom. The number of carbonyl (C=O) groups is 3. The lowest BCUT2D eigenvalue weighted by atomic mass is 10.1. The summed E-state index contributed by atoms with van der Waals surface area (Å²) in [5.41, 5.74) is 2.69. The monoisotopic (exact) mass is 460 g/mol. The first-order chi connectivity index (χ1) is 16.6. The van der Waals surface area contributed by atoms with Gasteiger partial charge in [0.25, 0.3) is 0 Å². The molecule has 0 fully saturated rings. The first kappa shape index (κ1) is 24.5. The molecule has 0 heterocycles. The van der Waals surface area contributed by atoms with Crippen LogP contribution in [-0.2, 0) is 38.7 Å². The van der Waals surface area contributed by atoms with E-state index in [1.165, 1.54) is 0 Å². The molecule has 2 N–H and O–H groups in total. The van der Waals surface area contributed by atoms with Crippen LogP contribution in [0.4, 0.5) is 4.79 Å².